The number of nitrogen functional groups attached to an aromatic ring is 1. The summed E-state index contributed by atoms with van der Waals surface area (Å²) in [5, 5.41) is 8.97. The second kappa shape index (κ2) is 5.13. The van der Waals surface area contributed by atoms with Crippen LogP contribution in [0.5, 0.6) is 0 Å². The van der Waals surface area contributed by atoms with Crippen LogP contribution in [-0.4, -0.2) is 9.97 Å². The van der Waals surface area contributed by atoms with Gasteiger partial charge in [-0.3, -0.25) is 0 Å². The van der Waals surface area contributed by atoms with Gasteiger partial charge in [0.25, 0.3) is 0 Å². The molecule has 0 unspecified atom stereocenters. The average molecular weight is 284 g/mol. The van der Waals surface area contributed by atoms with Crippen molar-refractivity contribution in [2.45, 2.75) is 33.1 Å². The van der Waals surface area contributed by atoms with Gasteiger partial charge in [-0.15, -0.1) is 0 Å². The van der Waals surface area contributed by atoms with Crippen molar-refractivity contribution in [1.82, 2.24) is 9.97 Å². The van der Waals surface area contributed by atoms with Crippen molar-refractivity contribution in [2.75, 3.05) is 5.73 Å². The molecular formula is C16H17FN4. The van der Waals surface area contributed by atoms with Gasteiger partial charge in [-0.05, 0) is 25.1 Å². The minimum Gasteiger partial charge on any atom is -0.383 e. The second-order valence-electron chi connectivity index (χ2n) is 6.00. The van der Waals surface area contributed by atoms with Gasteiger partial charge in [0.15, 0.2) is 0 Å². The van der Waals surface area contributed by atoms with Crippen LogP contribution in [0.2, 0.25) is 0 Å². The fourth-order valence-corrected chi connectivity index (χ4v) is 1.94. The van der Waals surface area contributed by atoms with Crippen LogP contribution in [0.1, 0.15) is 37.7 Å². The number of anilines is 1. The van der Waals surface area contributed by atoms with Crippen LogP contribution in [-0.2, 0) is 5.41 Å². The molecule has 2 N–H and O–H groups in total. The summed E-state index contributed by atoms with van der Waals surface area (Å²) in [6, 6.07) is 6.08. The molecule has 1 aromatic carbocycles. The number of hydrogen-bond acceptors (Lipinski definition) is 4. The van der Waals surface area contributed by atoms with Crippen LogP contribution in [0.3, 0.4) is 0 Å². The molecule has 0 aliphatic heterocycles. The molecule has 4 nitrogen and oxygen atoms in total. The van der Waals surface area contributed by atoms with Gasteiger partial charge in [0.1, 0.15) is 17.5 Å². The normalized spacial score (nSPS) is 11.2. The lowest BCUT2D eigenvalue weighted by Crippen LogP contribution is -2.18. The Morgan fingerprint density at radius 1 is 1.19 bits per heavy atom. The molecule has 0 saturated heterocycles. The lowest BCUT2D eigenvalue weighted by Gasteiger charge is -2.19. The van der Waals surface area contributed by atoms with E-state index in [9.17, 15) is 4.39 Å². The van der Waals surface area contributed by atoms with Crippen LogP contribution < -0.4 is 5.73 Å². The quantitative estimate of drug-likeness (QED) is 0.871. The molecule has 2 rings (SSSR count). The van der Waals surface area contributed by atoms with Crippen molar-refractivity contribution in [1.29, 1.82) is 5.26 Å². The highest BCUT2D eigenvalue weighted by molar-refractivity contribution is 5.68. The first-order valence-corrected chi connectivity index (χ1v) is 6.58. The van der Waals surface area contributed by atoms with Crippen molar-refractivity contribution in [3.63, 3.8) is 0 Å². The van der Waals surface area contributed by atoms with Crippen LogP contribution in [0.15, 0.2) is 18.2 Å². The maximum Gasteiger partial charge on any atom is 0.136 e. The highest BCUT2D eigenvalue weighted by atomic mass is 19.1. The van der Waals surface area contributed by atoms with E-state index in [0.29, 0.717) is 28.5 Å². The average Bonchev–Trinajstić information content (AvgIpc) is 2.39. The van der Waals surface area contributed by atoms with E-state index < -0.39 is 5.82 Å². The zero-order chi connectivity index (χ0) is 15.8. The molecule has 21 heavy (non-hydrogen) atoms. The summed E-state index contributed by atoms with van der Waals surface area (Å²) in [5.74, 6) is 0.481. The number of nitriles is 1. The molecule has 5 heteroatoms. The predicted molar refractivity (Wildman–Crippen MR) is 80.0 cm³/mol. The standard InChI is InChI=1S/C16H17FN4/c1-9-13(11-5-10(8-18)6-12(17)7-11)20-15(16(2,3)4)21-14(9)19/h5-7H,1-4H3,(H2,19,20,21). The van der Waals surface area contributed by atoms with Gasteiger partial charge in [-0.2, -0.15) is 5.26 Å². The minimum absolute atomic E-state index is 0.249. The largest absolute Gasteiger partial charge is 0.383 e. The summed E-state index contributed by atoms with van der Waals surface area (Å²) >= 11 is 0. The van der Waals surface area contributed by atoms with E-state index in [0.717, 1.165) is 0 Å². The number of benzene rings is 1. The minimum atomic E-state index is -0.474. The monoisotopic (exact) mass is 284 g/mol. The van der Waals surface area contributed by atoms with Gasteiger partial charge in [0.2, 0.25) is 0 Å². The van der Waals surface area contributed by atoms with Crippen LogP contribution in [0.4, 0.5) is 10.2 Å². The number of rotatable bonds is 1. The summed E-state index contributed by atoms with van der Waals surface area (Å²) in [7, 11) is 0. The van der Waals surface area contributed by atoms with E-state index in [4.69, 9.17) is 11.0 Å². The van der Waals surface area contributed by atoms with E-state index in [1.807, 2.05) is 26.8 Å². The van der Waals surface area contributed by atoms with Crippen LogP contribution >= 0.6 is 0 Å². The van der Waals surface area contributed by atoms with E-state index in [1.54, 1.807) is 13.0 Å². The molecule has 0 spiro atoms. The Kier molecular flexibility index (Phi) is 3.65. The Morgan fingerprint density at radius 2 is 1.86 bits per heavy atom. The number of nitrogens with two attached hydrogens (primary N) is 1. The fraction of sp³-hybridized carbons (Fsp3) is 0.312. The first-order valence-electron chi connectivity index (χ1n) is 6.58. The smallest absolute Gasteiger partial charge is 0.136 e. The molecule has 108 valence electrons. The molecule has 1 heterocycles. The first kappa shape index (κ1) is 14.9. The Morgan fingerprint density at radius 3 is 2.43 bits per heavy atom. The van der Waals surface area contributed by atoms with Crippen molar-refractivity contribution in [3.05, 3.63) is 41.0 Å². The third-order valence-corrected chi connectivity index (χ3v) is 3.15. The maximum absolute atomic E-state index is 13.6. The summed E-state index contributed by atoms with van der Waals surface area (Å²) in [5.41, 5.74) is 7.70. The predicted octanol–water partition coefficient (Wildman–Crippen LogP) is 3.34. The lowest BCUT2D eigenvalue weighted by molar-refractivity contribution is 0.546. The molecule has 1 aromatic heterocycles. The van der Waals surface area contributed by atoms with Gasteiger partial charge in [-0.1, -0.05) is 20.8 Å². The Balaban J connectivity index is 2.72. The molecular weight excluding hydrogens is 267 g/mol. The van der Waals surface area contributed by atoms with Crippen LogP contribution in [0, 0.1) is 24.1 Å². The van der Waals surface area contributed by atoms with E-state index in [-0.39, 0.29) is 11.0 Å². The molecule has 0 aliphatic carbocycles. The SMILES string of the molecule is Cc1c(N)nc(C(C)(C)C)nc1-c1cc(F)cc(C#N)c1. The molecule has 0 atom stereocenters. The lowest BCUT2D eigenvalue weighted by atomic mass is 9.94. The fourth-order valence-electron chi connectivity index (χ4n) is 1.94. The number of halogens is 1. The van der Waals surface area contributed by atoms with Crippen LogP contribution in [0.25, 0.3) is 11.3 Å². The Bertz CT molecular complexity index is 739. The van der Waals surface area contributed by atoms with Gasteiger partial charge in [0, 0.05) is 16.5 Å². The third-order valence-electron chi connectivity index (χ3n) is 3.15. The van der Waals surface area contributed by atoms with Crippen molar-refractivity contribution < 1.29 is 4.39 Å². The summed E-state index contributed by atoms with van der Waals surface area (Å²) in [4.78, 5) is 8.83. The Labute approximate surface area is 123 Å². The molecule has 0 aliphatic rings. The molecule has 2 aromatic rings. The molecule has 0 amide bonds. The van der Waals surface area contributed by atoms with E-state index in [2.05, 4.69) is 9.97 Å². The highest BCUT2D eigenvalue weighted by Gasteiger charge is 2.21. The number of aromatic nitrogens is 2. The summed E-state index contributed by atoms with van der Waals surface area (Å²) < 4.78 is 13.6. The molecule has 0 radical (unpaired) electrons. The zero-order valence-corrected chi connectivity index (χ0v) is 12.5. The molecule has 0 bridgehead atoms. The zero-order valence-electron chi connectivity index (χ0n) is 12.5. The van der Waals surface area contributed by atoms with E-state index in [1.165, 1.54) is 12.1 Å². The molecule has 0 fully saturated rings. The van der Waals surface area contributed by atoms with Crippen molar-refractivity contribution >= 4 is 5.82 Å². The summed E-state index contributed by atoms with van der Waals surface area (Å²) in [6.45, 7) is 7.72. The number of hydrogen-bond donors (Lipinski definition) is 1. The van der Waals surface area contributed by atoms with Gasteiger partial charge < -0.3 is 5.73 Å². The summed E-state index contributed by atoms with van der Waals surface area (Å²) in [6.07, 6.45) is 0. The van der Waals surface area contributed by atoms with Crippen molar-refractivity contribution in [3.8, 4) is 17.3 Å². The van der Waals surface area contributed by atoms with Gasteiger partial charge in [-0.25, -0.2) is 14.4 Å². The highest BCUT2D eigenvalue weighted by Crippen LogP contribution is 2.29. The van der Waals surface area contributed by atoms with Gasteiger partial charge in [0.05, 0.1) is 17.3 Å². The molecule has 0 saturated carbocycles. The maximum atomic E-state index is 13.6. The van der Waals surface area contributed by atoms with Gasteiger partial charge >= 0.3 is 0 Å². The first-order chi connectivity index (χ1) is 9.72. The second-order valence-corrected chi connectivity index (χ2v) is 6.00. The van der Waals surface area contributed by atoms with Crippen molar-refractivity contribution in [2.24, 2.45) is 0 Å². The Hall–Kier alpha value is -2.48. The third kappa shape index (κ3) is 3.00. The number of nitrogens with zero attached hydrogens (tertiary/aromatic N) is 3. The van der Waals surface area contributed by atoms with E-state index >= 15 is 0 Å². The topological polar surface area (TPSA) is 75.6 Å².